The van der Waals surface area contributed by atoms with E-state index in [4.69, 9.17) is 4.52 Å². The summed E-state index contributed by atoms with van der Waals surface area (Å²) in [6.07, 6.45) is 4.67. The fourth-order valence-electron chi connectivity index (χ4n) is 2.49. The van der Waals surface area contributed by atoms with Crippen molar-refractivity contribution in [3.63, 3.8) is 0 Å². The molecule has 1 aliphatic heterocycles. The Morgan fingerprint density at radius 1 is 1.50 bits per heavy atom. The molecule has 0 spiro atoms. The molecule has 1 aromatic heterocycles. The Labute approximate surface area is 104 Å². The van der Waals surface area contributed by atoms with E-state index in [0.717, 1.165) is 19.3 Å². The van der Waals surface area contributed by atoms with Crippen molar-refractivity contribution in [1.29, 1.82) is 0 Å². The van der Waals surface area contributed by atoms with Crippen LogP contribution in [0.25, 0.3) is 0 Å². The van der Waals surface area contributed by atoms with Crippen LogP contribution in [0.5, 0.6) is 0 Å². The molecule has 1 saturated heterocycles. The van der Waals surface area contributed by atoms with Gasteiger partial charge in [-0.25, -0.2) is 4.39 Å². The van der Waals surface area contributed by atoms with Gasteiger partial charge in [0.15, 0.2) is 11.5 Å². The summed E-state index contributed by atoms with van der Waals surface area (Å²) in [7, 11) is 0. The molecule has 0 N–H and O–H groups in total. The third-order valence-corrected chi connectivity index (χ3v) is 3.85. The lowest BCUT2D eigenvalue weighted by Crippen LogP contribution is -2.43. The van der Waals surface area contributed by atoms with Gasteiger partial charge >= 0.3 is 0 Å². The number of alkyl halides is 1. The van der Waals surface area contributed by atoms with Crippen molar-refractivity contribution in [1.82, 2.24) is 15.0 Å². The lowest BCUT2D eigenvalue weighted by Gasteiger charge is -2.32. The number of aromatic nitrogens is 2. The van der Waals surface area contributed by atoms with Crippen molar-refractivity contribution >= 4 is 5.91 Å². The Morgan fingerprint density at radius 3 is 2.78 bits per heavy atom. The second kappa shape index (κ2) is 4.33. The van der Waals surface area contributed by atoms with Gasteiger partial charge in [0, 0.05) is 19.5 Å². The highest BCUT2D eigenvalue weighted by molar-refractivity contribution is 5.88. The Bertz CT molecular complexity index is 423. The molecule has 3 rings (SSSR count). The van der Waals surface area contributed by atoms with Crippen LogP contribution in [0, 0.1) is 5.92 Å². The molecule has 1 saturated carbocycles. The predicted molar refractivity (Wildman–Crippen MR) is 60.4 cm³/mol. The zero-order valence-corrected chi connectivity index (χ0v) is 10.1. The molecule has 1 aliphatic carbocycles. The van der Waals surface area contributed by atoms with Crippen molar-refractivity contribution in [2.24, 2.45) is 5.92 Å². The Balaban J connectivity index is 1.50. The third kappa shape index (κ3) is 2.23. The molecule has 1 amide bonds. The van der Waals surface area contributed by atoms with Crippen molar-refractivity contribution in [3.8, 4) is 0 Å². The van der Waals surface area contributed by atoms with Gasteiger partial charge in [0.25, 0.3) is 5.91 Å². The molecule has 0 radical (unpaired) electrons. The highest BCUT2D eigenvalue weighted by Crippen LogP contribution is 2.42. The minimum Gasteiger partial charge on any atom is -0.343 e. The summed E-state index contributed by atoms with van der Waals surface area (Å²) in [6, 6.07) is 0. The van der Waals surface area contributed by atoms with Crippen LogP contribution in [0.2, 0.25) is 0 Å². The summed E-state index contributed by atoms with van der Waals surface area (Å²) < 4.78 is 18.3. The van der Waals surface area contributed by atoms with Gasteiger partial charge in [0.05, 0.1) is 0 Å². The average molecular weight is 253 g/mol. The zero-order valence-electron chi connectivity index (χ0n) is 10.1. The first-order valence-corrected chi connectivity index (χ1v) is 6.41. The van der Waals surface area contributed by atoms with Crippen LogP contribution in [-0.2, 0) is 11.2 Å². The van der Waals surface area contributed by atoms with Crippen LogP contribution in [0.4, 0.5) is 4.39 Å². The van der Waals surface area contributed by atoms with E-state index in [9.17, 15) is 9.18 Å². The van der Waals surface area contributed by atoms with E-state index in [0.29, 0.717) is 37.7 Å². The van der Waals surface area contributed by atoms with E-state index >= 15 is 0 Å². The maximum Gasteiger partial charge on any atom is 0.260 e. The fourth-order valence-corrected chi connectivity index (χ4v) is 2.49. The van der Waals surface area contributed by atoms with E-state index in [1.807, 2.05) is 0 Å². The number of carbonyl (C=O) groups excluding carboxylic acids is 1. The SMILES string of the molecule is O=C(N1CCC(Cc2ncon2)CC1)C1(F)CC1. The van der Waals surface area contributed by atoms with Crippen LogP contribution in [0.15, 0.2) is 10.9 Å². The van der Waals surface area contributed by atoms with Gasteiger partial charge in [-0.2, -0.15) is 4.98 Å². The van der Waals surface area contributed by atoms with Gasteiger partial charge in [-0.15, -0.1) is 0 Å². The molecule has 0 aromatic carbocycles. The van der Waals surface area contributed by atoms with Gasteiger partial charge in [-0.05, 0) is 31.6 Å². The summed E-state index contributed by atoms with van der Waals surface area (Å²) >= 11 is 0. The number of hydrogen-bond donors (Lipinski definition) is 0. The predicted octanol–water partition coefficient (Wildman–Crippen LogP) is 1.35. The van der Waals surface area contributed by atoms with Gasteiger partial charge in [0.2, 0.25) is 6.39 Å². The summed E-state index contributed by atoms with van der Waals surface area (Å²) in [6.45, 7) is 1.29. The zero-order chi connectivity index (χ0) is 12.6. The first-order valence-electron chi connectivity index (χ1n) is 6.41. The number of nitrogens with zero attached hydrogens (tertiary/aromatic N) is 3. The van der Waals surface area contributed by atoms with E-state index in [2.05, 4.69) is 10.1 Å². The number of amides is 1. The van der Waals surface area contributed by atoms with E-state index in [-0.39, 0.29) is 5.91 Å². The molecule has 1 aromatic rings. The van der Waals surface area contributed by atoms with E-state index in [1.54, 1.807) is 4.90 Å². The van der Waals surface area contributed by atoms with E-state index < -0.39 is 5.67 Å². The largest absolute Gasteiger partial charge is 0.343 e. The van der Waals surface area contributed by atoms with Crippen LogP contribution in [-0.4, -0.2) is 39.7 Å². The lowest BCUT2D eigenvalue weighted by atomic mass is 9.93. The second-order valence-electron chi connectivity index (χ2n) is 5.25. The molecule has 2 fully saturated rings. The van der Waals surface area contributed by atoms with Crippen molar-refractivity contribution in [2.45, 2.75) is 37.8 Å². The molecule has 5 nitrogen and oxygen atoms in total. The number of likely N-dealkylation sites (tertiary alicyclic amines) is 1. The maximum absolute atomic E-state index is 13.7. The maximum atomic E-state index is 13.7. The van der Waals surface area contributed by atoms with Crippen molar-refractivity contribution in [3.05, 3.63) is 12.2 Å². The molecule has 0 bridgehead atoms. The normalized spacial score (nSPS) is 23.1. The van der Waals surface area contributed by atoms with Gasteiger partial charge in [-0.3, -0.25) is 4.79 Å². The van der Waals surface area contributed by atoms with Crippen molar-refractivity contribution < 1.29 is 13.7 Å². The number of carbonyl (C=O) groups is 1. The summed E-state index contributed by atoms with van der Waals surface area (Å²) in [4.78, 5) is 17.5. The highest BCUT2D eigenvalue weighted by atomic mass is 19.1. The Hall–Kier alpha value is -1.46. The lowest BCUT2D eigenvalue weighted by molar-refractivity contribution is -0.139. The molecule has 98 valence electrons. The third-order valence-electron chi connectivity index (χ3n) is 3.85. The van der Waals surface area contributed by atoms with Crippen molar-refractivity contribution in [2.75, 3.05) is 13.1 Å². The summed E-state index contributed by atoms with van der Waals surface area (Å²) in [5, 5.41) is 3.79. The van der Waals surface area contributed by atoms with Crippen LogP contribution < -0.4 is 0 Å². The number of piperidine rings is 1. The monoisotopic (exact) mass is 253 g/mol. The molecular weight excluding hydrogens is 237 g/mol. The minimum absolute atomic E-state index is 0.305. The van der Waals surface area contributed by atoms with Crippen LogP contribution in [0.3, 0.4) is 0 Å². The summed E-state index contributed by atoms with van der Waals surface area (Å²) in [5.74, 6) is 0.867. The Morgan fingerprint density at radius 2 is 2.22 bits per heavy atom. The van der Waals surface area contributed by atoms with Gasteiger partial charge < -0.3 is 9.42 Å². The quantitative estimate of drug-likeness (QED) is 0.816. The molecule has 2 heterocycles. The second-order valence-corrected chi connectivity index (χ2v) is 5.25. The fraction of sp³-hybridized carbons (Fsp3) is 0.750. The molecule has 0 unspecified atom stereocenters. The number of hydrogen-bond acceptors (Lipinski definition) is 4. The molecule has 6 heteroatoms. The summed E-state index contributed by atoms with van der Waals surface area (Å²) in [5.41, 5.74) is -1.53. The standard InChI is InChI=1S/C12H16FN3O2/c13-12(3-4-12)11(17)16-5-1-9(2-6-16)7-10-14-8-18-15-10/h8-9H,1-7H2. The number of halogens is 1. The molecule has 18 heavy (non-hydrogen) atoms. The smallest absolute Gasteiger partial charge is 0.260 e. The molecular formula is C12H16FN3O2. The van der Waals surface area contributed by atoms with Crippen LogP contribution in [0.1, 0.15) is 31.5 Å². The van der Waals surface area contributed by atoms with E-state index in [1.165, 1.54) is 6.39 Å². The topological polar surface area (TPSA) is 59.2 Å². The first kappa shape index (κ1) is 11.6. The van der Waals surface area contributed by atoms with Gasteiger partial charge in [-0.1, -0.05) is 5.16 Å². The van der Waals surface area contributed by atoms with Crippen LogP contribution >= 0.6 is 0 Å². The first-order chi connectivity index (χ1) is 8.67. The number of rotatable bonds is 3. The molecule has 0 atom stereocenters. The average Bonchev–Trinajstić information content (AvgIpc) is 2.93. The Kier molecular flexibility index (Phi) is 2.80. The highest BCUT2D eigenvalue weighted by Gasteiger charge is 2.53. The van der Waals surface area contributed by atoms with Gasteiger partial charge in [0.1, 0.15) is 0 Å². The molecule has 2 aliphatic rings. The minimum atomic E-state index is -1.53.